The standard InChI is InChI=1S/C16H21ClN2O/c17-13-5-3-12(4-6-13)15(9-10-15)11-19-14(20)16(18)7-1-2-8-16/h3-6H,1-2,7-11,18H2,(H,19,20). The van der Waals surface area contributed by atoms with Gasteiger partial charge in [0.05, 0.1) is 5.54 Å². The molecule has 0 aliphatic heterocycles. The molecule has 108 valence electrons. The van der Waals surface area contributed by atoms with Crippen LogP contribution in [0, 0.1) is 0 Å². The van der Waals surface area contributed by atoms with Crippen LogP contribution in [0.4, 0.5) is 0 Å². The fourth-order valence-electron chi connectivity index (χ4n) is 3.18. The Kier molecular flexibility index (Phi) is 3.51. The minimum absolute atomic E-state index is 0.0234. The molecule has 2 aliphatic carbocycles. The first-order valence-electron chi connectivity index (χ1n) is 7.37. The van der Waals surface area contributed by atoms with Gasteiger partial charge in [-0.25, -0.2) is 0 Å². The van der Waals surface area contributed by atoms with Gasteiger partial charge in [0.25, 0.3) is 0 Å². The smallest absolute Gasteiger partial charge is 0.240 e. The third-order valence-corrected chi connectivity index (χ3v) is 5.10. The van der Waals surface area contributed by atoms with E-state index in [2.05, 4.69) is 17.4 Å². The fraction of sp³-hybridized carbons (Fsp3) is 0.562. The number of benzene rings is 1. The summed E-state index contributed by atoms with van der Waals surface area (Å²) >= 11 is 5.93. The molecule has 1 aromatic rings. The highest BCUT2D eigenvalue weighted by molar-refractivity contribution is 6.30. The minimum atomic E-state index is -0.629. The maximum atomic E-state index is 12.3. The average molecular weight is 293 g/mol. The summed E-state index contributed by atoms with van der Waals surface area (Å²) in [4.78, 5) is 12.3. The SMILES string of the molecule is NC1(C(=O)NCC2(c3ccc(Cl)cc3)CC2)CCCC1. The molecule has 0 bridgehead atoms. The third kappa shape index (κ3) is 2.57. The molecule has 0 atom stereocenters. The van der Waals surface area contributed by atoms with E-state index in [-0.39, 0.29) is 11.3 Å². The molecule has 3 N–H and O–H groups in total. The van der Waals surface area contributed by atoms with Gasteiger partial charge in [0.2, 0.25) is 5.91 Å². The summed E-state index contributed by atoms with van der Waals surface area (Å²) in [7, 11) is 0. The maximum absolute atomic E-state index is 12.3. The van der Waals surface area contributed by atoms with Crippen LogP contribution in [0.25, 0.3) is 0 Å². The summed E-state index contributed by atoms with van der Waals surface area (Å²) in [5.74, 6) is 0.0234. The second-order valence-electron chi connectivity index (χ2n) is 6.33. The van der Waals surface area contributed by atoms with Gasteiger partial charge in [0, 0.05) is 17.0 Å². The van der Waals surface area contributed by atoms with Gasteiger partial charge in [-0.15, -0.1) is 0 Å². The van der Waals surface area contributed by atoms with Crippen LogP contribution in [0.1, 0.15) is 44.1 Å². The Balaban J connectivity index is 1.63. The van der Waals surface area contributed by atoms with Gasteiger partial charge in [0.1, 0.15) is 0 Å². The zero-order valence-corrected chi connectivity index (χ0v) is 12.4. The number of carbonyl (C=O) groups excluding carboxylic acids is 1. The van der Waals surface area contributed by atoms with E-state index in [0.29, 0.717) is 6.54 Å². The van der Waals surface area contributed by atoms with E-state index >= 15 is 0 Å². The molecule has 1 amide bonds. The van der Waals surface area contributed by atoms with Gasteiger partial charge in [-0.2, -0.15) is 0 Å². The summed E-state index contributed by atoms with van der Waals surface area (Å²) in [6.07, 6.45) is 5.98. The van der Waals surface area contributed by atoms with Gasteiger partial charge in [-0.1, -0.05) is 36.6 Å². The average Bonchev–Trinajstić information content (AvgIpc) is 3.11. The normalized spacial score (nSPS) is 22.5. The van der Waals surface area contributed by atoms with Gasteiger partial charge >= 0.3 is 0 Å². The summed E-state index contributed by atoms with van der Waals surface area (Å²) in [6.45, 7) is 0.687. The van der Waals surface area contributed by atoms with Crippen LogP contribution in [0.15, 0.2) is 24.3 Å². The predicted molar refractivity (Wildman–Crippen MR) is 80.8 cm³/mol. The molecule has 4 heteroatoms. The van der Waals surface area contributed by atoms with Crippen LogP contribution in [0.2, 0.25) is 5.02 Å². The van der Waals surface area contributed by atoms with Gasteiger partial charge in [-0.05, 0) is 43.4 Å². The van der Waals surface area contributed by atoms with Crippen molar-refractivity contribution in [2.24, 2.45) is 5.73 Å². The third-order valence-electron chi connectivity index (χ3n) is 4.85. The van der Waals surface area contributed by atoms with Crippen molar-refractivity contribution >= 4 is 17.5 Å². The van der Waals surface area contributed by atoms with Crippen LogP contribution in [0.3, 0.4) is 0 Å². The van der Waals surface area contributed by atoms with E-state index < -0.39 is 5.54 Å². The Bertz CT molecular complexity index is 502. The number of amides is 1. The first-order valence-corrected chi connectivity index (χ1v) is 7.75. The second kappa shape index (κ2) is 5.05. The molecule has 0 unspecified atom stereocenters. The second-order valence-corrected chi connectivity index (χ2v) is 6.77. The number of rotatable bonds is 4. The molecule has 1 aromatic carbocycles. The zero-order valence-electron chi connectivity index (χ0n) is 11.6. The highest BCUT2D eigenvalue weighted by atomic mass is 35.5. The van der Waals surface area contributed by atoms with Crippen LogP contribution in [-0.4, -0.2) is 18.0 Å². The van der Waals surface area contributed by atoms with E-state index in [4.69, 9.17) is 17.3 Å². The lowest BCUT2D eigenvalue weighted by atomic mass is 9.94. The summed E-state index contributed by atoms with van der Waals surface area (Å²) in [6, 6.07) is 7.96. The lowest BCUT2D eigenvalue weighted by molar-refractivity contribution is -0.126. The molecule has 2 aliphatic rings. The molecule has 3 nitrogen and oxygen atoms in total. The topological polar surface area (TPSA) is 55.1 Å². The van der Waals surface area contributed by atoms with Crippen molar-refractivity contribution in [3.8, 4) is 0 Å². The summed E-state index contributed by atoms with van der Waals surface area (Å²) in [5, 5.41) is 3.83. The summed E-state index contributed by atoms with van der Waals surface area (Å²) < 4.78 is 0. The Hall–Kier alpha value is -1.06. The number of carbonyl (C=O) groups is 1. The molecule has 0 aromatic heterocycles. The molecular weight excluding hydrogens is 272 g/mol. The first-order chi connectivity index (χ1) is 9.54. The first kappa shape index (κ1) is 13.9. The number of nitrogens with two attached hydrogens (primary N) is 1. The van der Waals surface area contributed by atoms with Crippen molar-refractivity contribution < 1.29 is 4.79 Å². The minimum Gasteiger partial charge on any atom is -0.354 e. The van der Waals surface area contributed by atoms with Crippen molar-refractivity contribution in [1.29, 1.82) is 0 Å². The molecule has 20 heavy (non-hydrogen) atoms. The largest absolute Gasteiger partial charge is 0.354 e. The Morgan fingerprint density at radius 3 is 2.30 bits per heavy atom. The van der Waals surface area contributed by atoms with Crippen LogP contribution in [-0.2, 0) is 10.2 Å². The molecule has 0 heterocycles. The molecular formula is C16H21ClN2O. The number of halogens is 1. The Morgan fingerprint density at radius 2 is 1.75 bits per heavy atom. The Morgan fingerprint density at radius 1 is 1.15 bits per heavy atom. The lowest BCUT2D eigenvalue weighted by Crippen LogP contribution is -2.53. The van der Waals surface area contributed by atoms with Crippen molar-refractivity contribution in [3.63, 3.8) is 0 Å². The molecule has 0 spiro atoms. The van der Waals surface area contributed by atoms with Crippen molar-refractivity contribution in [2.75, 3.05) is 6.54 Å². The number of hydrogen-bond acceptors (Lipinski definition) is 2. The van der Waals surface area contributed by atoms with E-state index in [1.165, 1.54) is 5.56 Å². The fourth-order valence-corrected chi connectivity index (χ4v) is 3.31. The maximum Gasteiger partial charge on any atom is 0.240 e. The van der Waals surface area contributed by atoms with E-state index in [0.717, 1.165) is 43.5 Å². The van der Waals surface area contributed by atoms with Crippen molar-refractivity contribution in [1.82, 2.24) is 5.32 Å². The highest BCUT2D eigenvalue weighted by Crippen LogP contribution is 2.47. The van der Waals surface area contributed by atoms with Gasteiger partial charge < -0.3 is 11.1 Å². The highest BCUT2D eigenvalue weighted by Gasteiger charge is 2.45. The quantitative estimate of drug-likeness (QED) is 0.896. The number of nitrogens with one attached hydrogen (secondary N) is 1. The van der Waals surface area contributed by atoms with E-state index in [1.807, 2.05) is 12.1 Å². The van der Waals surface area contributed by atoms with Crippen LogP contribution in [0.5, 0.6) is 0 Å². The molecule has 2 saturated carbocycles. The zero-order chi connectivity index (χ0) is 14.2. The van der Waals surface area contributed by atoms with Gasteiger partial charge in [0.15, 0.2) is 0 Å². The summed E-state index contributed by atoms with van der Waals surface area (Å²) in [5.41, 5.74) is 6.92. The monoisotopic (exact) mass is 292 g/mol. The molecule has 0 radical (unpaired) electrons. The molecule has 3 rings (SSSR count). The van der Waals surface area contributed by atoms with Crippen molar-refractivity contribution in [2.45, 2.75) is 49.5 Å². The molecule has 0 saturated heterocycles. The molecule has 2 fully saturated rings. The Labute approximate surface area is 124 Å². The van der Waals surface area contributed by atoms with Crippen molar-refractivity contribution in [3.05, 3.63) is 34.9 Å². The van der Waals surface area contributed by atoms with Crippen LogP contribution >= 0.6 is 11.6 Å². The van der Waals surface area contributed by atoms with E-state index in [1.54, 1.807) is 0 Å². The van der Waals surface area contributed by atoms with Crippen LogP contribution < -0.4 is 11.1 Å². The van der Waals surface area contributed by atoms with E-state index in [9.17, 15) is 4.79 Å². The predicted octanol–water partition coefficient (Wildman–Crippen LogP) is 2.76. The lowest BCUT2D eigenvalue weighted by Gasteiger charge is -2.24. The van der Waals surface area contributed by atoms with Gasteiger partial charge in [-0.3, -0.25) is 4.79 Å². The number of hydrogen-bond donors (Lipinski definition) is 2.